The molecule has 1 aliphatic heterocycles. The average molecular weight is 330 g/mol. The first-order chi connectivity index (χ1) is 12.1. The van der Waals surface area contributed by atoms with Crippen molar-refractivity contribution in [3.05, 3.63) is 106 Å². The minimum Gasteiger partial charge on any atom is -0.324 e. The molecule has 0 radical (unpaired) electrons. The standard InChI is InChI=1S/C20H14N2O3/c23-19-20(14-6-2-1-3-7-14,17-8-4-5-9-18(17)21-19)15-10-12-16(13-11-15)22(24)25/h1-13H,(H,21,23). The Bertz CT molecular complexity index is 968. The summed E-state index contributed by atoms with van der Waals surface area (Å²) in [5, 5.41) is 13.9. The van der Waals surface area contributed by atoms with Crippen LogP contribution in [0.15, 0.2) is 78.9 Å². The maximum Gasteiger partial charge on any atom is 0.269 e. The highest BCUT2D eigenvalue weighted by Gasteiger charge is 2.49. The fraction of sp³-hybridized carbons (Fsp3) is 0.0500. The van der Waals surface area contributed by atoms with E-state index in [1.165, 1.54) is 12.1 Å². The highest BCUT2D eigenvalue weighted by molar-refractivity contribution is 6.11. The Hall–Kier alpha value is -3.47. The van der Waals surface area contributed by atoms with Crippen molar-refractivity contribution in [1.82, 2.24) is 0 Å². The van der Waals surface area contributed by atoms with E-state index in [4.69, 9.17) is 0 Å². The molecular weight excluding hydrogens is 316 g/mol. The molecule has 0 aliphatic carbocycles. The van der Waals surface area contributed by atoms with Crippen molar-refractivity contribution in [3.63, 3.8) is 0 Å². The van der Waals surface area contributed by atoms with Gasteiger partial charge in [0.15, 0.2) is 0 Å². The predicted molar refractivity (Wildman–Crippen MR) is 94.5 cm³/mol. The predicted octanol–water partition coefficient (Wildman–Crippen LogP) is 3.88. The van der Waals surface area contributed by atoms with Crippen molar-refractivity contribution in [2.75, 3.05) is 5.32 Å². The summed E-state index contributed by atoms with van der Waals surface area (Å²) in [4.78, 5) is 23.7. The van der Waals surface area contributed by atoms with Gasteiger partial charge in [0.05, 0.1) is 4.92 Å². The minimum absolute atomic E-state index is 0.00125. The van der Waals surface area contributed by atoms with Crippen molar-refractivity contribution in [1.29, 1.82) is 0 Å². The van der Waals surface area contributed by atoms with E-state index >= 15 is 0 Å². The summed E-state index contributed by atoms with van der Waals surface area (Å²) in [6, 6.07) is 23.2. The van der Waals surface area contributed by atoms with Gasteiger partial charge >= 0.3 is 0 Å². The molecule has 1 atom stereocenters. The first-order valence-electron chi connectivity index (χ1n) is 7.85. The highest BCUT2D eigenvalue weighted by atomic mass is 16.6. The molecule has 0 saturated heterocycles. The Morgan fingerprint density at radius 1 is 0.800 bits per heavy atom. The summed E-state index contributed by atoms with van der Waals surface area (Å²) in [7, 11) is 0. The van der Waals surface area contributed by atoms with Crippen LogP contribution in [-0.4, -0.2) is 10.8 Å². The third-order valence-corrected chi connectivity index (χ3v) is 4.64. The van der Waals surface area contributed by atoms with E-state index in [1.807, 2.05) is 54.6 Å². The van der Waals surface area contributed by atoms with E-state index < -0.39 is 10.3 Å². The molecule has 1 aliphatic rings. The maximum atomic E-state index is 13.1. The molecule has 5 heteroatoms. The van der Waals surface area contributed by atoms with Gasteiger partial charge in [0.2, 0.25) is 5.91 Å². The van der Waals surface area contributed by atoms with Crippen LogP contribution in [0.1, 0.15) is 16.7 Å². The largest absolute Gasteiger partial charge is 0.324 e. The number of fused-ring (bicyclic) bond motifs is 1. The van der Waals surface area contributed by atoms with Gasteiger partial charge in [-0.15, -0.1) is 0 Å². The lowest BCUT2D eigenvalue weighted by Crippen LogP contribution is -2.36. The number of nitro groups is 1. The fourth-order valence-electron chi connectivity index (χ4n) is 3.52. The number of nitrogens with one attached hydrogen (secondary N) is 1. The van der Waals surface area contributed by atoms with E-state index in [0.29, 0.717) is 5.56 Å². The molecule has 1 heterocycles. The second-order valence-electron chi connectivity index (χ2n) is 5.92. The zero-order chi connectivity index (χ0) is 17.4. The molecule has 25 heavy (non-hydrogen) atoms. The van der Waals surface area contributed by atoms with Crippen molar-refractivity contribution in [3.8, 4) is 0 Å². The number of rotatable bonds is 3. The monoisotopic (exact) mass is 330 g/mol. The van der Waals surface area contributed by atoms with Crippen LogP contribution in [0.25, 0.3) is 0 Å². The molecule has 1 unspecified atom stereocenters. The summed E-state index contributed by atoms with van der Waals surface area (Å²) >= 11 is 0. The maximum absolute atomic E-state index is 13.1. The van der Waals surface area contributed by atoms with Gasteiger partial charge in [0, 0.05) is 23.4 Å². The lowest BCUT2D eigenvalue weighted by molar-refractivity contribution is -0.384. The first kappa shape index (κ1) is 15.1. The molecule has 3 aromatic carbocycles. The van der Waals surface area contributed by atoms with Gasteiger partial charge in [-0.25, -0.2) is 0 Å². The normalized spacial score (nSPS) is 18.5. The Morgan fingerprint density at radius 2 is 1.40 bits per heavy atom. The summed E-state index contributed by atoms with van der Waals surface area (Å²) in [5.74, 6) is -0.159. The molecule has 1 N–H and O–H groups in total. The number of hydrogen-bond acceptors (Lipinski definition) is 3. The van der Waals surface area contributed by atoms with E-state index in [9.17, 15) is 14.9 Å². The number of hydrogen-bond donors (Lipinski definition) is 1. The lowest BCUT2D eigenvalue weighted by Gasteiger charge is -2.28. The van der Waals surface area contributed by atoms with Gasteiger partial charge in [-0.3, -0.25) is 14.9 Å². The third-order valence-electron chi connectivity index (χ3n) is 4.64. The number of nitrogens with zero attached hydrogens (tertiary/aromatic N) is 1. The van der Waals surface area contributed by atoms with Gasteiger partial charge in [0.1, 0.15) is 5.41 Å². The average Bonchev–Trinajstić information content (AvgIpc) is 2.95. The van der Waals surface area contributed by atoms with Crippen LogP contribution in [0, 0.1) is 10.1 Å². The summed E-state index contributed by atoms with van der Waals surface area (Å²) < 4.78 is 0. The number of para-hydroxylation sites is 1. The van der Waals surface area contributed by atoms with E-state index in [0.717, 1.165) is 16.8 Å². The van der Waals surface area contributed by atoms with Crippen LogP contribution in [0.2, 0.25) is 0 Å². The Labute approximate surface area is 144 Å². The van der Waals surface area contributed by atoms with Crippen molar-refractivity contribution >= 4 is 17.3 Å². The molecule has 0 bridgehead atoms. The molecule has 0 saturated carbocycles. The van der Waals surface area contributed by atoms with Crippen LogP contribution in [0.5, 0.6) is 0 Å². The van der Waals surface area contributed by atoms with Gasteiger partial charge in [0.25, 0.3) is 5.69 Å². The molecule has 4 rings (SSSR count). The number of amides is 1. The number of benzene rings is 3. The molecule has 1 amide bonds. The number of non-ortho nitro benzene ring substituents is 1. The van der Waals surface area contributed by atoms with Crippen molar-refractivity contribution in [2.45, 2.75) is 5.41 Å². The van der Waals surface area contributed by atoms with E-state index in [1.54, 1.807) is 12.1 Å². The fourth-order valence-corrected chi connectivity index (χ4v) is 3.52. The molecule has 0 aromatic heterocycles. The van der Waals surface area contributed by atoms with Crippen LogP contribution in [0.3, 0.4) is 0 Å². The molecule has 3 aromatic rings. The number of nitro benzene ring substituents is 1. The smallest absolute Gasteiger partial charge is 0.269 e. The van der Waals surface area contributed by atoms with Gasteiger partial charge in [-0.1, -0.05) is 60.7 Å². The zero-order valence-corrected chi connectivity index (χ0v) is 13.2. The van der Waals surface area contributed by atoms with E-state index in [-0.39, 0.29) is 11.6 Å². The van der Waals surface area contributed by atoms with Crippen LogP contribution in [-0.2, 0) is 10.2 Å². The second-order valence-corrected chi connectivity index (χ2v) is 5.92. The lowest BCUT2D eigenvalue weighted by atomic mass is 9.70. The molecule has 0 fully saturated rings. The Kier molecular flexibility index (Phi) is 3.35. The number of carbonyl (C=O) groups is 1. The van der Waals surface area contributed by atoms with Crippen LogP contribution in [0.4, 0.5) is 11.4 Å². The Balaban J connectivity index is 2.01. The molecule has 5 nitrogen and oxygen atoms in total. The van der Waals surface area contributed by atoms with Crippen LogP contribution >= 0.6 is 0 Å². The summed E-state index contributed by atoms with van der Waals surface area (Å²) in [6.45, 7) is 0. The first-order valence-corrected chi connectivity index (χ1v) is 7.85. The third kappa shape index (κ3) is 2.13. The van der Waals surface area contributed by atoms with Crippen LogP contribution < -0.4 is 5.32 Å². The molecule has 122 valence electrons. The highest BCUT2D eigenvalue weighted by Crippen LogP contribution is 2.47. The minimum atomic E-state index is -1.02. The summed E-state index contributed by atoms with van der Waals surface area (Å²) in [5.41, 5.74) is 2.11. The Morgan fingerprint density at radius 3 is 2.08 bits per heavy atom. The van der Waals surface area contributed by atoms with Gasteiger partial charge < -0.3 is 5.32 Å². The topological polar surface area (TPSA) is 72.2 Å². The SMILES string of the molecule is O=C1Nc2ccccc2C1(c1ccccc1)c1ccc([N+](=O)[O-])cc1. The van der Waals surface area contributed by atoms with Gasteiger partial charge in [-0.2, -0.15) is 0 Å². The quantitative estimate of drug-likeness (QED) is 0.585. The van der Waals surface area contributed by atoms with Gasteiger partial charge in [-0.05, 0) is 17.2 Å². The molecule has 0 spiro atoms. The summed E-state index contributed by atoms with van der Waals surface area (Å²) in [6.07, 6.45) is 0. The number of anilines is 1. The number of carbonyl (C=O) groups excluding carboxylic acids is 1. The second kappa shape index (κ2) is 5.56. The van der Waals surface area contributed by atoms with Crippen molar-refractivity contribution < 1.29 is 9.72 Å². The molecular formula is C20H14N2O3. The zero-order valence-electron chi connectivity index (χ0n) is 13.2. The van der Waals surface area contributed by atoms with E-state index in [2.05, 4.69) is 5.32 Å². The van der Waals surface area contributed by atoms with Crippen molar-refractivity contribution in [2.24, 2.45) is 0 Å².